The van der Waals surface area contributed by atoms with Crippen LogP contribution in [-0.2, 0) is 11.8 Å². The highest BCUT2D eigenvalue weighted by Gasteiger charge is 2.72. The molecule has 0 radical (unpaired) electrons. The van der Waals surface area contributed by atoms with Crippen LogP contribution in [0.5, 0.6) is 5.75 Å². The lowest BCUT2D eigenvalue weighted by Gasteiger charge is -2.64. The summed E-state index contributed by atoms with van der Waals surface area (Å²) in [5, 5.41) is 15.7. The molecule has 4 nitrogen and oxygen atoms in total. The summed E-state index contributed by atoms with van der Waals surface area (Å²) in [5.41, 5.74) is 1.92. The molecule has 6 rings (SSSR count). The van der Waals surface area contributed by atoms with Crippen molar-refractivity contribution in [1.29, 1.82) is 0 Å². The Kier molecular flexibility index (Phi) is 2.87. The minimum atomic E-state index is -0.641. The molecule has 0 aromatic heterocycles. The van der Waals surface area contributed by atoms with Gasteiger partial charge >= 0.3 is 0 Å². The van der Waals surface area contributed by atoms with Crippen molar-refractivity contribution in [1.82, 2.24) is 10.2 Å². The molecule has 4 heteroatoms. The Balaban J connectivity index is 1.54. The highest BCUT2D eigenvalue weighted by molar-refractivity contribution is 5.57. The Labute approximate surface area is 149 Å². The summed E-state index contributed by atoms with van der Waals surface area (Å²) in [4.78, 5) is 2.63. The largest absolute Gasteiger partial charge is 0.487 e. The molecule has 25 heavy (non-hydrogen) atoms. The number of likely N-dealkylation sites (N-methyl/N-ethyl adjacent to an activating group) is 1. The van der Waals surface area contributed by atoms with E-state index in [0.717, 1.165) is 43.9 Å². The van der Waals surface area contributed by atoms with Gasteiger partial charge in [0.2, 0.25) is 0 Å². The van der Waals surface area contributed by atoms with Crippen molar-refractivity contribution >= 4 is 0 Å². The lowest BCUT2D eigenvalue weighted by molar-refractivity contribution is -0.191. The summed E-state index contributed by atoms with van der Waals surface area (Å²) in [6.45, 7) is 2.28. The predicted molar refractivity (Wildman–Crippen MR) is 96.0 cm³/mol. The average Bonchev–Trinajstić information content (AvgIpc) is 3.35. The number of hydrogen-bond acceptors (Lipinski definition) is 4. The Morgan fingerprint density at radius 1 is 1.28 bits per heavy atom. The second kappa shape index (κ2) is 4.79. The molecule has 134 valence electrons. The van der Waals surface area contributed by atoms with E-state index in [9.17, 15) is 5.11 Å². The minimum Gasteiger partial charge on any atom is -0.487 e. The molecule has 2 unspecified atom stereocenters. The third-order valence-corrected chi connectivity index (χ3v) is 8.03. The summed E-state index contributed by atoms with van der Waals surface area (Å²) in [6, 6.07) is 7.13. The van der Waals surface area contributed by atoms with Crippen molar-refractivity contribution in [3.63, 3.8) is 0 Å². The summed E-state index contributed by atoms with van der Waals surface area (Å²) >= 11 is 0. The van der Waals surface area contributed by atoms with E-state index >= 15 is 0 Å². The van der Waals surface area contributed by atoms with Gasteiger partial charge in [0.25, 0.3) is 0 Å². The molecule has 1 spiro atoms. The quantitative estimate of drug-likeness (QED) is 0.881. The van der Waals surface area contributed by atoms with E-state index in [1.54, 1.807) is 0 Å². The van der Waals surface area contributed by atoms with Crippen LogP contribution in [0.25, 0.3) is 0 Å². The molecule has 5 aliphatic rings. The van der Waals surface area contributed by atoms with Crippen LogP contribution in [0.4, 0.5) is 0 Å². The molecular formula is C21H28N2O2. The first-order valence-electron chi connectivity index (χ1n) is 10.1. The lowest BCUT2D eigenvalue weighted by atomic mass is 9.48. The Morgan fingerprint density at radius 2 is 2.16 bits per heavy atom. The van der Waals surface area contributed by atoms with Gasteiger partial charge in [-0.1, -0.05) is 12.1 Å². The van der Waals surface area contributed by atoms with Crippen molar-refractivity contribution in [3.8, 4) is 5.75 Å². The molecule has 2 bridgehead atoms. The van der Waals surface area contributed by atoms with Gasteiger partial charge in [-0.05, 0) is 69.7 Å². The maximum absolute atomic E-state index is 12.2. The van der Waals surface area contributed by atoms with Gasteiger partial charge in [-0.15, -0.1) is 0 Å². The summed E-state index contributed by atoms with van der Waals surface area (Å²) in [5.74, 6) is 1.91. The van der Waals surface area contributed by atoms with E-state index in [4.69, 9.17) is 4.74 Å². The molecule has 0 amide bonds. The van der Waals surface area contributed by atoms with Crippen LogP contribution in [-0.4, -0.2) is 53.9 Å². The molecule has 1 aromatic carbocycles. The van der Waals surface area contributed by atoms with E-state index in [-0.39, 0.29) is 17.6 Å². The summed E-state index contributed by atoms with van der Waals surface area (Å²) in [7, 11) is 2.04. The fourth-order valence-electron chi connectivity index (χ4n) is 6.75. The highest BCUT2D eigenvalue weighted by Crippen LogP contribution is 2.64. The van der Waals surface area contributed by atoms with Crippen LogP contribution < -0.4 is 10.1 Å². The fraction of sp³-hybridized carbons (Fsp3) is 0.714. The normalized spacial score (nSPS) is 44.3. The van der Waals surface area contributed by atoms with Crippen LogP contribution in [0.2, 0.25) is 0 Å². The summed E-state index contributed by atoms with van der Waals surface area (Å²) in [6.07, 6.45) is 6.71. The fourth-order valence-corrected chi connectivity index (χ4v) is 6.75. The first-order chi connectivity index (χ1) is 12.2. The van der Waals surface area contributed by atoms with Crippen LogP contribution >= 0.6 is 0 Å². The molecule has 3 aliphatic carbocycles. The van der Waals surface area contributed by atoms with Crippen LogP contribution in [0, 0.1) is 5.92 Å². The average molecular weight is 340 g/mol. The highest BCUT2D eigenvalue weighted by atomic mass is 16.5. The number of benzene rings is 1. The van der Waals surface area contributed by atoms with Gasteiger partial charge in [-0.3, -0.25) is 4.90 Å². The van der Waals surface area contributed by atoms with Crippen LogP contribution in [0.1, 0.15) is 43.2 Å². The Hall–Kier alpha value is -1.10. The van der Waals surface area contributed by atoms with E-state index in [1.807, 2.05) is 7.05 Å². The van der Waals surface area contributed by atoms with Gasteiger partial charge < -0.3 is 15.2 Å². The number of piperidine rings is 1. The molecule has 3 fully saturated rings. The van der Waals surface area contributed by atoms with Crippen molar-refractivity contribution in [3.05, 3.63) is 29.3 Å². The zero-order valence-electron chi connectivity index (χ0n) is 15.0. The van der Waals surface area contributed by atoms with Crippen molar-refractivity contribution < 1.29 is 9.84 Å². The SMILES string of the molecule is CNC1CC[C@@]2(O)[C@H]3Cc4cccc5c4[C@@]2(CCN3CC2CC2)C1O5. The van der Waals surface area contributed by atoms with E-state index in [2.05, 4.69) is 28.4 Å². The second-order valence-corrected chi connectivity index (χ2v) is 9.07. The number of nitrogens with one attached hydrogen (secondary N) is 1. The standard InChI is InChI=1S/C21H28N2O2/c1-22-15-7-8-21(24)17-11-14-3-2-4-16-18(14)20(21,19(15)25-16)9-10-23(17)12-13-5-6-13/h2-4,13,15,17,19,22,24H,5-12H2,1H3/t15?,17-,19?,20+,21-/m1/s1. The van der Waals surface area contributed by atoms with Crippen molar-refractivity contribution in [2.24, 2.45) is 5.92 Å². The smallest absolute Gasteiger partial charge is 0.127 e. The Bertz CT molecular complexity index is 733. The van der Waals surface area contributed by atoms with E-state index in [1.165, 1.54) is 30.5 Å². The molecule has 1 aromatic rings. The minimum absolute atomic E-state index is 0.0678. The summed E-state index contributed by atoms with van der Waals surface area (Å²) < 4.78 is 6.53. The zero-order valence-corrected chi connectivity index (χ0v) is 15.0. The molecule has 2 saturated carbocycles. The number of aliphatic hydroxyl groups is 1. The molecule has 2 aliphatic heterocycles. The van der Waals surface area contributed by atoms with E-state index in [0.29, 0.717) is 6.04 Å². The Morgan fingerprint density at radius 3 is 2.96 bits per heavy atom. The predicted octanol–water partition coefficient (Wildman–Crippen LogP) is 1.84. The second-order valence-electron chi connectivity index (χ2n) is 9.07. The maximum Gasteiger partial charge on any atom is 0.127 e. The van der Waals surface area contributed by atoms with Gasteiger partial charge in [0, 0.05) is 24.2 Å². The van der Waals surface area contributed by atoms with Gasteiger partial charge in [-0.25, -0.2) is 0 Å². The molecule has 2 N–H and O–H groups in total. The van der Waals surface area contributed by atoms with Gasteiger partial charge in [-0.2, -0.15) is 0 Å². The first kappa shape index (κ1) is 15.0. The topological polar surface area (TPSA) is 44.7 Å². The van der Waals surface area contributed by atoms with Gasteiger partial charge in [0.1, 0.15) is 11.9 Å². The maximum atomic E-state index is 12.2. The van der Waals surface area contributed by atoms with Crippen LogP contribution in [0.3, 0.4) is 0 Å². The monoisotopic (exact) mass is 340 g/mol. The van der Waals surface area contributed by atoms with Crippen LogP contribution in [0.15, 0.2) is 18.2 Å². The molecular weight excluding hydrogens is 312 g/mol. The number of nitrogens with zero attached hydrogens (tertiary/aromatic N) is 1. The van der Waals surface area contributed by atoms with E-state index < -0.39 is 5.60 Å². The van der Waals surface area contributed by atoms with Gasteiger partial charge in [0.15, 0.2) is 0 Å². The number of rotatable bonds is 3. The number of ether oxygens (including phenoxy) is 1. The zero-order chi connectivity index (χ0) is 16.8. The van der Waals surface area contributed by atoms with Crippen molar-refractivity contribution in [2.75, 3.05) is 20.1 Å². The third-order valence-electron chi connectivity index (χ3n) is 8.03. The number of hydrogen-bond donors (Lipinski definition) is 2. The number of likely N-dealkylation sites (tertiary alicyclic amines) is 1. The third kappa shape index (κ3) is 1.69. The first-order valence-corrected chi connectivity index (χ1v) is 10.1. The molecule has 5 atom stereocenters. The molecule has 1 saturated heterocycles. The van der Waals surface area contributed by atoms with Gasteiger partial charge in [0.05, 0.1) is 11.0 Å². The lowest BCUT2D eigenvalue weighted by Crippen LogP contribution is -2.78. The van der Waals surface area contributed by atoms with Crippen molar-refractivity contribution in [2.45, 2.75) is 67.7 Å². The molecule has 2 heterocycles.